The van der Waals surface area contributed by atoms with Gasteiger partial charge in [0.2, 0.25) is 0 Å². The molecule has 0 bridgehead atoms. The SMILES string of the molecule is O=C(N[C@H](CO)C1CCOCC1)C1=C2C=C3CC3=C2C=C1. The van der Waals surface area contributed by atoms with E-state index >= 15 is 0 Å². The van der Waals surface area contributed by atoms with E-state index in [1.807, 2.05) is 12.2 Å². The Hall–Kier alpha value is -1.65. The molecule has 0 radical (unpaired) electrons. The van der Waals surface area contributed by atoms with Crippen LogP contribution in [0.25, 0.3) is 0 Å². The number of allylic oxidation sites excluding steroid dienone is 6. The number of carbonyl (C=O) groups excluding carboxylic acids is 1. The van der Waals surface area contributed by atoms with Crippen LogP contribution < -0.4 is 5.32 Å². The van der Waals surface area contributed by atoms with Crippen molar-refractivity contribution in [3.05, 3.63) is 46.1 Å². The molecule has 1 atom stereocenters. The zero-order valence-electron chi connectivity index (χ0n) is 11.9. The molecule has 1 saturated heterocycles. The molecule has 4 heteroatoms. The normalized spacial score (nSPS) is 24.9. The molecular weight excluding hydrogens is 266 g/mol. The predicted octanol–water partition coefficient (Wildman–Crippen LogP) is 1.40. The lowest BCUT2D eigenvalue weighted by molar-refractivity contribution is -0.119. The Bertz CT molecular complexity index is 618. The average Bonchev–Trinajstić information content (AvgIpc) is 3.00. The van der Waals surface area contributed by atoms with Crippen molar-refractivity contribution in [3.8, 4) is 0 Å². The fraction of sp³-hybridized carbons (Fsp3) is 0.471. The van der Waals surface area contributed by atoms with Crippen LogP contribution >= 0.6 is 0 Å². The smallest absolute Gasteiger partial charge is 0.252 e. The van der Waals surface area contributed by atoms with Crippen molar-refractivity contribution in [2.24, 2.45) is 5.92 Å². The molecule has 4 nitrogen and oxygen atoms in total. The molecule has 0 spiro atoms. The largest absolute Gasteiger partial charge is 0.394 e. The molecule has 1 heterocycles. The summed E-state index contributed by atoms with van der Waals surface area (Å²) in [5.74, 6) is 0.234. The van der Waals surface area contributed by atoms with E-state index in [0.29, 0.717) is 19.1 Å². The quantitative estimate of drug-likeness (QED) is 0.821. The van der Waals surface area contributed by atoms with Gasteiger partial charge in [-0.3, -0.25) is 4.79 Å². The van der Waals surface area contributed by atoms with Crippen LogP contribution in [-0.2, 0) is 9.53 Å². The monoisotopic (exact) mass is 285 g/mol. The lowest BCUT2D eigenvalue weighted by Crippen LogP contribution is -2.45. The van der Waals surface area contributed by atoms with Gasteiger partial charge in [0, 0.05) is 18.8 Å². The number of rotatable bonds is 4. The van der Waals surface area contributed by atoms with Crippen molar-refractivity contribution in [2.75, 3.05) is 19.8 Å². The molecule has 1 saturated carbocycles. The molecule has 0 aromatic heterocycles. The van der Waals surface area contributed by atoms with Crippen LogP contribution in [0.3, 0.4) is 0 Å². The van der Waals surface area contributed by atoms with Crippen molar-refractivity contribution in [3.63, 3.8) is 0 Å². The van der Waals surface area contributed by atoms with Crippen LogP contribution in [0.15, 0.2) is 46.1 Å². The third-order valence-corrected chi connectivity index (χ3v) is 4.86. The number of hydrogen-bond acceptors (Lipinski definition) is 3. The minimum atomic E-state index is -0.178. The molecule has 0 aromatic carbocycles. The summed E-state index contributed by atoms with van der Waals surface area (Å²) < 4.78 is 5.34. The topological polar surface area (TPSA) is 58.6 Å². The average molecular weight is 285 g/mol. The van der Waals surface area contributed by atoms with Crippen LogP contribution in [0, 0.1) is 5.92 Å². The van der Waals surface area contributed by atoms with Gasteiger partial charge in [-0.1, -0.05) is 6.08 Å². The Labute approximate surface area is 123 Å². The van der Waals surface area contributed by atoms with Gasteiger partial charge in [-0.2, -0.15) is 0 Å². The standard InChI is InChI=1S/C17H19NO3/c19-9-16(10-3-5-21-6-4-10)18-17(20)13-2-1-12-14-7-11(14)8-15(12)13/h1-2,8,10,16,19H,3-7,9H2,(H,18,20)/t16-/m1/s1. The molecule has 2 N–H and O–H groups in total. The van der Waals surface area contributed by atoms with E-state index < -0.39 is 0 Å². The molecule has 1 aliphatic heterocycles. The number of nitrogens with one attached hydrogen (secondary N) is 1. The molecule has 3 aliphatic carbocycles. The van der Waals surface area contributed by atoms with Crippen molar-refractivity contribution < 1.29 is 14.6 Å². The van der Waals surface area contributed by atoms with Gasteiger partial charge in [-0.05, 0) is 59.6 Å². The maximum absolute atomic E-state index is 12.5. The zero-order chi connectivity index (χ0) is 14.4. The lowest BCUT2D eigenvalue weighted by atomic mass is 9.92. The summed E-state index contributed by atoms with van der Waals surface area (Å²) in [5, 5.41) is 12.6. The highest BCUT2D eigenvalue weighted by Crippen LogP contribution is 2.51. The first kappa shape index (κ1) is 13.0. The first-order valence-corrected chi connectivity index (χ1v) is 7.64. The second-order valence-corrected chi connectivity index (χ2v) is 6.11. The van der Waals surface area contributed by atoms with E-state index in [1.54, 1.807) is 0 Å². The maximum atomic E-state index is 12.5. The minimum Gasteiger partial charge on any atom is -0.394 e. The van der Waals surface area contributed by atoms with Gasteiger partial charge in [-0.25, -0.2) is 0 Å². The Kier molecular flexibility index (Phi) is 3.08. The molecule has 21 heavy (non-hydrogen) atoms. The first-order valence-electron chi connectivity index (χ1n) is 7.64. The van der Waals surface area contributed by atoms with E-state index in [4.69, 9.17) is 4.74 Å². The van der Waals surface area contributed by atoms with Crippen molar-refractivity contribution in [2.45, 2.75) is 25.3 Å². The van der Waals surface area contributed by atoms with E-state index in [2.05, 4.69) is 11.4 Å². The molecule has 0 aromatic rings. The van der Waals surface area contributed by atoms with Crippen molar-refractivity contribution in [1.29, 1.82) is 0 Å². The number of hydrogen-bond donors (Lipinski definition) is 2. The zero-order valence-corrected chi connectivity index (χ0v) is 11.9. The van der Waals surface area contributed by atoms with Gasteiger partial charge in [0.15, 0.2) is 0 Å². The molecule has 1 amide bonds. The minimum absolute atomic E-state index is 0.0161. The van der Waals surface area contributed by atoms with E-state index in [-0.39, 0.29) is 18.6 Å². The molecular formula is C17H19NO3. The van der Waals surface area contributed by atoms with Crippen LogP contribution in [-0.4, -0.2) is 36.9 Å². The highest BCUT2D eigenvalue weighted by molar-refractivity contribution is 6.02. The van der Waals surface area contributed by atoms with Crippen molar-refractivity contribution in [1.82, 2.24) is 5.32 Å². The Morgan fingerprint density at radius 1 is 1.33 bits per heavy atom. The second-order valence-electron chi connectivity index (χ2n) is 6.11. The highest BCUT2D eigenvalue weighted by atomic mass is 16.5. The van der Waals surface area contributed by atoms with E-state index in [1.165, 1.54) is 16.7 Å². The van der Waals surface area contributed by atoms with Crippen LogP contribution in [0.5, 0.6) is 0 Å². The summed E-state index contributed by atoms with van der Waals surface area (Å²) in [4.78, 5) is 12.5. The number of aliphatic hydroxyl groups excluding tert-OH is 1. The number of aliphatic hydroxyl groups is 1. The van der Waals surface area contributed by atoms with Gasteiger partial charge < -0.3 is 15.2 Å². The van der Waals surface area contributed by atoms with Gasteiger partial charge in [0.1, 0.15) is 0 Å². The fourth-order valence-corrected chi connectivity index (χ4v) is 3.51. The second kappa shape index (κ2) is 4.97. The highest BCUT2D eigenvalue weighted by Gasteiger charge is 2.36. The van der Waals surface area contributed by atoms with Crippen molar-refractivity contribution >= 4 is 5.91 Å². The summed E-state index contributed by atoms with van der Waals surface area (Å²) in [6, 6.07) is -0.178. The number of ether oxygens (including phenoxy) is 1. The van der Waals surface area contributed by atoms with Crippen LogP contribution in [0.2, 0.25) is 0 Å². The third-order valence-electron chi connectivity index (χ3n) is 4.86. The third kappa shape index (κ3) is 2.19. The van der Waals surface area contributed by atoms with Gasteiger partial charge >= 0.3 is 0 Å². The summed E-state index contributed by atoms with van der Waals surface area (Å²) >= 11 is 0. The van der Waals surface area contributed by atoms with Crippen LogP contribution in [0.4, 0.5) is 0 Å². The molecule has 0 unspecified atom stereocenters. The number of fused-ring (bicyclic) bond motifs is 2. The Morgan fingerprint density at radius 3 is 2.90 bits per heavy atom. The van der Waals surface area contributed by atoms with Crippen LogP contribution in [0.1, 0.15) is 19.3 Å². The van der Waals surface area contributed by atoms with E-state index in [9.17, 15) is 9.90 Å². The first-order chi connectivity index (χ1) is 10.3. The molecule has 4 rings (SSSR count). The number of amides is 1. The van der Waals surface area contributed by atoms with Gasteiger partial charge in [0.05, 0.1) is 12.6 Å². The summed E-state index contributed by atoms with van der Waals surface area (Å²) in [5.41, 5.74) is 5.79. The molecule has 110 valence electrons. The maximum Gasteiger partial charge on any atom is 0.252 e. The Morgan fingerprint density at radius 2 is 2.14 bits per heavy atom. The summed E-state index contributed by atoms with van der Waals surface area (Å²) in [6.07, 6.45) is 8.94. The fourth-order valence-electron chi connectivity index (χ4n) is 3.51. The lowest BCUT2D eigenvalue weighted by Gasteiger charge is -2.29. The molecule has 2 fully saturated rings. The predicted molar refractivity (Wildman–Crippen MR) is 78.5 cm³/mol. The Balaban J connectivity index is 1.48. The summed E-state index contributed by atoms with van der Waals surface area (Å²) in [7, 11) is 0. The number of carbonyl (C=O) groups is 1. The van der Waals surface area contributed by atoms with Gasteiger partial charge in [-0.15, -0.1) is 0 Å². The molecule has 4 aliphatic rings. The van der Waals surface area contributed by atoms with E-state index in [0.717, 1.165) is 30.4 Å². The van der Waals surface area contributed by atoms with Gasteiger partial charge in [0.25, 0.3) is 5.91 Å². The summed E-state index contributed by atoms with van der Waals surface area (Å²) in [6.45, 7) is 1.41.